The van der Waals surface area contributed by atoms with Crippen LogP contribution in [0.2, 0.25) is 0 Å². The van der Waals surface area contributed by atoms with Gasteiger partial charge in [-0.1, -0.05) is 60.7 Å². The molecule has 0 radical (unpaired) electrons. The Morgan fingerprint density at radius 3 is 2.42 bits per heavy atom. The molecule has 0 bridgehead atoms. The van der Waals surface area contributed by atoms with Gasteiger partial charge in [0.2, 0.25) is 5.91 Å². The lowest BCUT2D eigenvalue weighted by Crippen LogP contribution is -2.35. The van der Waals surface area contributed by atoms with Crippen LogP contribution in [0.4, 0.5) is 0 Å². The number of carbonyl (C=O) groups is 1. The Morgan fingerprint density at radius 1 is 0.903 bits per heavy atom. The van der Waals surface area contributed by atoms with Gasteiger partial charge in [-0.05, 0) is 29.3 Å². The molecule has 158 valence electrons. The molecule has 0 atom stereocenters. The predicted molar refractivity (Wildman–Crippen MR) is 122 cm³/mol. The number of aromatic nitrogens is 1. The second-order valence-electron chi connectivity index (χ2n) is 7.34. The van der Waals surface area contributed by atoms with Crippen molar-refractivity contribution < 1.29 is 14.3 Å². The van der Waals surface area contributed by atoms with Crippen LogP contribution in [-0.2, 0) is 17.8 Å². The molecule has 1 N–H and O–H groups in total. The van der Waals surface area contributed by atoms with E-state index in [9.17, 15) is 4.79 Å². The number of H-pyrrole nitrogens is 1. The van der Waals surface area contributed by atoms with Crippen LogP contribution < -0.4 is 9.47 Å². The van der Waals surface area contributed by atoms with Gasteiger partial charge in [0.15, 0.2) is 11.5 Å². The number of para-hydroxylation sites is 3. The number of aromatic amines is 1. The van der Waals surface area contributed by atoms with Gasteiger partial charge in [0.25, 0.3) is 0 Å². The van der Waals surface area contributed by atoms with E-state index in [2.05, 4.69) is 4.98 Å². The Hall–Kier alpha value is -3.73. The first-order valence-corrected chi connectivity index (χ1v) is 10.4. The highest BCUT2D eigenvalue weighted by Gasteiger charge is 2.17. The third kappa shape index (κ3) is 5.07. The molecule has 5 nitrogen and oxygen atoms in total. The highest BCUT2D eigenvalue weighted by molar-refractivity contribution is 5.88. The fourth-order valence-electron chi connectivity index (χ4n) is 3.65. The summed E-state index contributed by atoms with van der Waals surface area (Å²) < 4.78 is 11.3. The molecule has 0 unspecified atom stereocenters. The summed E-state index contributed by atoms with van der Waals surface area (Å²) in [5.74, 6) is 1.42. The maximum absolute atomic E-state index is 13.3. The zero-order valence-electron chi connectivity index (χ0n) is 17.6. The Morgan fingerprint density at radius 2 is 1.61 bits per heavy atom. The van der Waals surface area contributed by atoms with Gasteiger partial charge in [-0.25, -0.2) is 0 Å². The van der Waals surface area contributed by atoms with Gasteiger partial charge >= 0.3 is 0 Å². The second kappa shape index (κ2) is 9.85. The van der Waals surface area contributed by atoms with Crippen LogP contribution in [0.3, 0.4) is 0 Å². The normalized spacial score (nSPS) is 10.7. The zero-order valence-corrected chi connectivity index (χ0v) is 17.6. The van der Waals surface area contributed by atoms with Crippen LogP contribution in [0.15, 0.2) is 85.1 Å². The zero-order chi connectivity index (χ0) is 21.5. The molecule has 0 fully saturated rings. The maximum Gasteiger partial charge on any atom is 0.227 e. The van der Waals surface area contributed by atoms with Crippen LogP contribution in [0.5, 0.6) is 11.5 Å². The van der Waals surface area contributed by atoms with Crippen molar-refractivity contribution in [1.82, 2.24) is 9.88 Å². The summed E-state index contributed by atoms with van der Waals surface area (Å²) >= 11 is 0. The number of hydrogen-bond acceptors (Lipinski definition) is 3. The number of methoxy groups -OCH3 is 1. The second-order valence-corrected chi connectivity index (χ2v) is 7.34. The van der Waals surface area contributed by atoms with Gasteiger partial charge in [0.05, 0.1) is 20.1 Å². The van der Waals surface area contributed by atoms with Crippen molar-refractivity contribution in [3.05, 3.63) is 96.2 Å². The molecule has 0 spiro atoms. The number of rotatable bonds is 9. The number of hydrogen-bond donors (Lipinski definition) is 1. The van der Waals surface area contributed by atoms with Crippen LogP contribution in [0.25, 0.3) is 10.9 Å². The molecule has 0 aliphatic heterocycles. The number of nitrogens with zero attached hydrogens (tertiary/aromatic N) is 1. The molecular formula is C26H26N2O3. The SMILES string of the molecule is COc1ccccc1OCCN(Cc1ccccc1)C(=O)Cc1c[nH]c2ccccc12. The van der Waals surface area contributed by atoms with Gasteiger partial charge in [-0.3, -0.25) is 4.79 Å². The van der Waals surface area contributed by atoms with E-state index in [-0.39, 0.29) is 5.91 Å². The number of fused-ring (bicyclic) bond motifs is 1. The molecule has 0 saturated carbocycles. The van der Waals surface area contributed by atoms with E-state index in [1.165, 1.54) is 0 Å². The summed E-state index contributed by atoms with van der Waals surface area (Å²) in [6.07, 6.45) is 2.26. The molecule has 4 aromatic rings. The van der Waals surface area contributed by atoms with Gasteiger partial charge < -0.3 is 19.4 Å². The minimum Gasteiger partial charge on any atom is -0.493 e. The van der Waals surface area contributed by atoms with Gasteiger partial charge in [-0.2, -0.15) is 0 Å². The monoisotopic (exact) mass is 414 g/mol. The Labute approximate surface area is 182 Å². The van der Waals surface area contributed by atoms with Gasteiger partial charge in [0, 0.05) is 23.6 Å². The number of nitrogens with one attached hydrogen (secondary N) is 1. The highest BCUT2D eigenvalue weighted by atomic mass is 16.5. The summed E-state index contributed by atoms with van der Waals surface area (Å²) in [4.78, 5) is 18.4. The largest absolute Gasteiger partial charge is 0.493 e. The first-order chi connectivity index (χ1) is 15.2. The van der Waals surface area contributed by atoms with E-state index in [1.807, 2.05) is 90.0 Å². The van der Waals surface area contributed by atoms with Crippen molar-refractivity contribution in [2.75, 3.05) is 20.3 Å². The molecule has 1 aromatic heterocycles. The van der Waals surface area contributed by atoms with Gasteiger partial charge in [-0.15, -0.1) is 0 Å². The van der Waals surface area contributed by atoms with E-state index in [1.54, 1.807) is 7.11 Å². The maximum atomic E-state index is 13.3. The van der Waals surface area contributed by atoms with Crippen LogP contribution in [-0.4, -0.2) is 36.1 Å². The third-order valence-electron chi connectivity index (χ3n) is 5.27. The van der Waals surface area contributed by atoms with Crippen LogP contribution in [0.1, 0.15) is 11.1 Å². The van der Waals surface area contributed by atoms with Crippen LogP contribution >= 0.6 is 0 Å². The van der Waals surface area contributed by atoms with Crippen molar-refractivity contribution in [2.24, 2.45) is 0 Å². The first kappa shape index (κ1) is 20.5. The minimum absolute atomic E-state index is 0.0669. The van der Waals surface area contributed by atoms with E-state index >= 15 is 0 Å². The quantitative estimate of drug-likeness (QED) is 0.427. The highest BCUT2D eigenvalue weighted by Crippen LogP contribution is 2.25. The standard InChI is InChI=1S/C26H26N2O3/c1-30-24-13-7-8-14-25(24)31-16-15-28(19-20-9-3-2-4-10-20)26(29)17-21-18-27-23-12-6-5-11-22(21)23/h2-14,18,27H,15-17,19H2,1H3. The topological polar surface area (TPSA) is 54.6 Å². The van der Waals surface area contributed by atoms with Crippen molar-refractivity contribution in [2.45, 2.75) is 13.0 Å². The van der Waals surface area contributed by atoms with Crippen molar-refractivity contribution in [3.8, 4) is 11.5 Å². The van der Waals surface area contributed by atoms with Crippen molar-refractivity contribution >= 4 is 16.8 Å². The fraction of sp³-hybridized carbons (Fsp3) is 0.192. The van der Waals surface area contributed by atoms with Gasteiger partial charge in [0.1, 0.15) is 6.61 Å². The number of ether oxygens (including phenoxy) is 2. The lowest BCUT2D eigenvalue weighted by Gasteiger charge is -2.23. The lowest BCUT2D eigenvalue weighted by molar-refractivity contribution is -0.131. The molecule has 0 aliphatic rings. The molecule has 0 saturated heterocycles. The van der Waals surface area contributed by atoms with E-state index in [4.69, 9.17) is 9.47 Å². The predicted octanol–water partition coefficient (Wildman–Crippen LogP) is 4.83. The summed E-state index contributed by atoms with van der Waals surface area (Å²) in [7, 11) is 1.62. The third-order valence-corrected chi connectivity index (χ3v) is 5.27. The van der Waals surface area contributed by atoms with E-state index in [0.29, 0.717) is 37.6 Å². The molecular weight excluding hydrogens is 388 g/mol. The Balaban J connectivity index is 1.47. The molecule has 3 aromatic carbocycles. The summed E-state index contributed by atoms with van der Waals surface area (Å²) in [5, 5.41) is 1.08. The van der Waals surface area contributed by atoms with Crippen molar-refractivity contribution in [1.29, 1.82) is 0 Å². The summed E-state index contributed by atoms with van der Waals surface area (Å²) in [6, 6.07) is 25.6. The number of carbonyl (C=O) groups excluding carboxylic acids is 1. The Bertz CT molecular complexity index is 1140. The smallest absolute Gasteiger partial charge is 0.227 e. The van der Waals surface area contributed by atoms with E-state index in [0.717, 1.165) is 22.0 Å². The van der Waals surface area contributed by atoms with Crippen LogP contribution in [0, 0.1) is 0 Å². The average Bonchev–Trinajstić information content (AvgIpc) is 3.22. The lowest BCUT2D eigenvalue weighted by atomic mass is 10.1. The fourth-order valence-corrected chi connectivity index (χ4v) is 3.65. The first-order valence-electron chi connectivity index (χ1n) is 10.4. The molecule has 31 heavy (non-hydrogen) atoms. The molecule has 1 amide bonds. The van der Waals surface area contributed by atoms with E-state index < -0.39 is 0 Å². The molecule has 1 heterocycles. The summed E-state index contributed by atoms with van der Waals surface area (Å²) in [5.41, 5.74) is 3.13. The number of amides is 1. The average molecular weight is 415 g/mol. The minimum atomic E-state index is 0.0669. The Kier molecular flexibility index (Phi) is 6.53. The molecule has 0 aliphatic carbocycles. The summed E-state index contributed by atoms with van der Waals surface area (Å²) in [6.45, 7) is 1.40. The van der Waals surface area contributed by atoms with Crippen molar-refractivity contribution in [3.63, 3.8) is 0 Å². The molecule has 4 rings (SSSR count). The molecule has 5 heteroatoms. The number of benzene rings is 3.